The van der Waals surface area contributed by atoms with Crippen LogP contribution in [0.15, 0.2) is 84.9 Å². The molecule has 2 unspecified atom stereocenters. The van der Waals surface area contributed by atoms with E-state index in [1.54, 1.807) is 0 Å². The van der Waals surface area contributed by atoms with Crippen LogP contribution in [-0.2, 0) is 9.59 Å². The van der Waals surface area contributed by atoms with Crippen LogP contribution in [0.3, 0.4) is 0 Å². The third-order valence-corrected chi connectivity index (χ3v) is 8.68. The number of hydrogen-bond acceptors (Lipinski definition) is 4. The van der Waals surface area contributed by atoms with Gasteiger partial charge >= 0.3 is 0 Å². The van der Waals surface area contributed by atoms with Gasteiger partial charge in [-0.25, -0.2) is 8.78 Å². The molecule has 2 aliphatic heterocycles. The molecule has 0 aliphatic carbocycles. The first-order valence-electron chi connectivity index (χ1n) is 15.7. The summed E-state index contributed by atoms with van der Waals surface area (Å²) in [7, 11) is 0. The lowest BCUT2D eigenvalue weighted by Crippen LogP contribution is -2.50. The molecule has 2 aliphatic rings. The number of piperidine rings is 1. The fourth-order valence-corrected chi connectivity index (χ4v) is 6.20. The summed E-state index contributed by atoms with van der Waals surface area (Å²) in [6, 6.07) is 23.4. The lowest BCUT2D eigenvalue weighted by atomic mass is 9.90. The summed E-state index contributed by atoms with van der Waals surface area (Å²) in [6.45, 7) is 4.45. The molecule has 6 nitrogen and oxygen atoms in total. The van der Waals surface area contributed by atoms with Crippen molar-refractivity contribution < 1.29 is 18.4 Å². The van der Waals surface area contributed by atoms with Crippen molar-refractivity contribution in [1.82, 2.24) is 20.4 Å². The number of rotatable bonds is 11. The fraction of sp³-hybridized carbons (Fsp3) is 0.389. The molecule has 2 atom stereocenters. The summed E-state index contributed by atoms with van der Waals surface area (Å²) in [4.78, 5) is 31.2. The molecule has 2 saturated heterocycles. The number of nitrogens with zero attached hydrogens (tertiary/aromatic N) is 2. The number of halogens is 2. The van der Waals surface area contributed by atoms with E-state index in [0.29, 0.717) is 32.5 Å². The van der Waals surface area contributed by atoms with Crippen molar-refractivity contribution in [2.24, 2.45) is 0 Å². The van der Waals surface area contributed by atoms with Crippen LogP contribution in [0, 0.1) is 11.6 Å². The summed E-state index contributed by atoms with van der Waals surface area (Å²) >= 11 is 0. The Morgan fingerprint density at radius 3 is 2.27 bits per heavy atom. The van der Waals surface area contributed by atoms with Crippen LogP contribution in [0.4, 0.5) is 8.78 Å². The van der Waals surface area contributed by atoms with Crippen LogP contribution < -0.4 is 10.6 Å². The van der Waals surface area contributed by atoms with Crippen LogP contribution in [0.25, 0.3) is 6.08 Å². The minimum Gasteiger partial charge on any atom is -0.351 e. The van der Waals surface area contributed by atoms with Crippen molar-refractivity contribution >= 4 is 17.9 Å². The average molecular weight is 601 g/mol. The highest BCUT2D eigenvalue weighted by Crippen LogP contribution is 2.27. The van der Waals surface area contributed by atoms with Gasteiger partial charge < -0.3 is 20.4 Å². The van der Waals surface area contributed by atoms with Crippen LogP contribution >= 0.6 is 0 Å². The number of carbonyl (C=O) groups excluding carboxylic acids is 2. The van der Waals surface area contributed by atoms with E-state index < -0.39 is 11.6 Å². The maximum atomic E-state index is 14.1. The van der Waals surface area contributed by atoms with E-state index in [9.17, 15) is 18.4 Å². The van der Waals surface area contributed by atoms with Gasteiger partial charge in [0.1, 0.15) is 11.6 Å². The second kappa shape index (κ2) is 15.7. The third kappa shape index (κ3) is 8.83. The van der Waals surface area contributed by atoms with Crippen LogP contribution in [0.1, 0.15) is 54.7 Å². The van der Waals surface area contributed by atoms with E-state index in [1.807, 2.05) is 41.3 Å². The minimum absolute atomic E-state index is 0.0392. The Balaban J connectivity index is 1.28. The number of carbonyl (C=O) groups is 2. The van der Waals surface area contributed by atoms with E-state index in [4.69, 9.17) is 0 Å². The van der Waals surface area contributed by atoms with Gasteiger partial charge in [0.2, 0.25) is 11.8 Å². The zero-order valence-electron chi connectivity index (χ0n) is 25.1. The molecule has 0 saturated carbocycles. The maximum absolute atomic E-state index is 14.1. The van der Waals surface area contributed by atoms with E-state index in [2.05, 4.69) is 39.8 Å². The second-order valence-corrected chi connectivity index (χ2v) is 11.8. The monoisotopic (exact) mass is 600 g/mol. The van der Waals surface area contributed by atoms with Crippen molar-refractivity contribution in [2.45, 2.75) is 50.1 Å². The van der Waals surface area contributed by atoms with Gasteiger partial charge in [0.15, 0.2) is 0 Å². The standard InChI is InChI=1S/C36H42F2N4O2/c37-30-16-14-29(33(38)24-30)15-17-35(43)39-25-31-18-23-42(36(44)34(40-31)19-22-41-20-8-3-9-21-41)26-32(27-10-4-1-5-11-27)28-12-6-2-7-13-28/h1-2,4-7,10-17,24,31-32,34,40H,3,8-9,18-23,25-26H2,(H,39,43)/b17-15+. The average Bonchev–Trinajstić information content (AvgIpc) is 3.20. The second-order valence-electron chi connectivity index (χ2n) is 11.8. The minimum atomic E-state index is -0.723. The van der Waals surface area contributed by atoms with E-state index >= 15 is 0 Å². The van der Waals surface area contributed by atoms with Gasteiger partial charge in [-0.1, -0.05) is 67.1 Å². The SMILES string of the molecule is O=C(/C=C/c1ccc(F)cc1F)NCC1CCN(CC(c2ccccc2)c2ccccc2)C(=O)C(CCN2CCCCC2)N1. The molecule has 3 aromatic carbocycles. The molecule has 0 aromatic heterocycles. The highest BCUT2D eigenvalue weighted by Gasteiger charge is 2.33. The van der Waals surface area contributed by atoms with Gasteiger partial charge in [0.25, 0.3) is 0 Å². The summed E-state index contributed by atoms with van der Waals surface area (Å²) in [5, 5.41) is 6.48. The van der Waals surface area contributed by atoms with Gasteiger partial charge in [-0.15, -0.1) is 0 Å². The molecular formula is C36H42F2N4O2. The van der Waals surface area contributed by atoms with Crippen molar-refractivity contribution in [1.29, 1.82) is 0 Å². The van der Waals surface area contributed by atoms with Gasteiger partial charge in [0.05, 0.1) is 6.04 Å². The molecule has 2 fully saturated rings. The molecule has 0 radical (unpaired) electrons. The molecule has 3 aromatic rings. The first-order chi connectivity index (χ1) is 21.5. The number of nitrogens with one attached hydrogen (secondary N) is 2. The van der Waals surface area contributed by atoms with E-state index in [-0.39, 0.29) is 35.4 Å². The Hall–Kier alpha value is -3.88. The van der Waals surface area contributed by atoms with Crippen molar-refractivity contribution in [2.75, 3.05) is 39.3 Å². The van der Waals surface area contributed by atoms with E-state index in [0.717, 1.165) is 31.8 Å². The zero-order valence-corrected chi connectivity index (χ0v) is 25.1. The Bertz CT molecular complexity index is 1360. The number of likely N-dealkylation sites (tertiary alicyclic amines) is 1. The lowest BCUT2D eigenvalue weighted by Gasteiger charge is -2.31. The summed E-state index contributed by atoms with van der Waals surface area (Å²) < 4.78 is 27.2. The molecule has 44 heavy (non-hydrogen) atoms. The Morgan fingerprint density at radius 1 is 0.932 bits per heavy atom. The molecule has 2 heterocycles. The first-order valence-corrected chi connectivity index (χ1v) is 15.7. The number of benzene rings is 3. The summed E-state index contributed by atoms with van der Waals surface area (Å²) in [5.74, 6) is -1.63. The van der Waals surface area contributed by atoms with Crippen LogP contribution in [-0.4, -0.2) is 73.0 Å². The predicted molar refractivity (Wildman–Crippen MR) is 170 cm³/mol. The molecule has 0 bridgehead atoms. The molecule has 5 rings (SSSR count). The number of amides is 2. The molecule has 2 amide bonds. The largest absolute Gasteiger partial charge is 0.351 e. The van der Waals surface area contributed by atoms with Crippen molar-refractivity contribution in [3.8, 4) is 0 Å². The summed E-state index contributed by atoms with van der Waals surface area (Å²) in [5.41, 5.74) is 2.48. The maximum Gasteiger partial charge on any atom is 0.244 e. The lowest BCUT2D eigenvalue weighted by molar-refractivity contribution is -0.133. The molecular weight excluding hydrogens is 558 g/mol. The quantitative estimate of drug-likeness (QED) is 0.291. The fourth-order valence-electron chi connectivity index (χ4n) is 6.20. The van der Waals surface area contributed by atoms with Gasteiger partial charge in [-0.3, -0.25) is 9.59 Å². The number of hydrogen-bond donors (Lipinski definition) is 2. The van der Waals surface area contributed by atoms with Crippen molar-refractivity contribution in [3.63, 3.8) is 0 Å². The van der Waals surface area contributed by atoms with Gasteiger partial charge in [-0.2, -0.15) is 0 Å². The zero-order chi connectivity index (χ0) is 30.7. The summed E-state index contributed by atoms with van der Waals surface area (Å²) in [6.07, 6.45) is 7.61. The molecule has 0 spiro atoms. The van der Waals surface area contributed by atoms with Crippen LogP contribution in [0.2, 0.25) is 0 Å². The highest BCUT2D eigenvalue weighted by molar-refractivity contribution is 5.91. The van der Waals surface area contributed by atoms with Gasteiger partial charge in [0, 0.05) is 55.8 Å². The topological polar surface area (TPSA) is 64.7 Å². The first kappa shape index (κ1) is 31.5. The van der Waals surface area contributed by atoms with E-state index in [1.165, 1.54) is 48.6 Å². The predicted octanol–water partition coefficient (Wildman–Crippen LogP) is 5.36. The third-order valence-electron chi connectivity index (χ3n) is 8.68. The smallest absolute Gasteiger partial charge is 0.244 e. The molecule has 232 valence electrons. The highest BCUT2D eigenvalue weighted by atomic mass is 19.1. The normalized spacial score (nSPS) is 19.8. The van der Waals surface area contributed by atoms with Crippen molar-refractivity contribution in [3.05, 3.63) is 113 Å². The molecule has 8 heteroatoms. The Labute approximate surface area is 259 Å². The molecule has 2 N–H and O–H groups in total. The Morgan fingerprint density at radius 2 is 1.61 bits per heavy atom. The van der Waals surface area contributed by atoms with Crippen LogP contribution in [0.5, 0.6) is 0 Å². The van der Waals surface area contributed by atoms with Gasteiger partial charge in [-0.05, 0) is 68.1 Å². The Kier molecular flexibility index (Phi) is 11.3.